The first-order valence-electron chi connectivity index (χ1n) is 10.1. The van der Waals surface area contributed by atoms with Crippen molar-refractivity contribution in [1.82, 2.24) is 4.90 Å². The van der Waals surface area contributed by atoms with Crippen molar-refractivity contribution in [1.29, 1.82) is 0 Å². The van der Waals surface area contributed by atoms with Gasteiger partial charge in [0.25, 0.3) is 5.91 Å². The van der Waals surface area contributed by atoms with Crippen LogP contribution in [0.3, 0.4) is 0 Å². The number of hydrogen-bond donors (Lipinski definition) is 1. The van der Waals surface area contributed by atoms with E-state index in [1.807, 2.05) is 30.3 Å². The van der Waals surface area contributed by atoms with Gasteiger partial charge in [-0.2, -0.15) is 0 Å². The highest BCUT2D eigenvalue weighted by molar-refractivity contribution is 7.90. The Morgan fingerprint density at radius 3 is 2.23 bits per heavy atom. The molecule has 1 aliphatic heterocycles. The van der Waals surface area contributed by atoms with E-state index in [1.54, 1.807) is 0 Å². The lowest BCUT2D eigenvalue weighted by Gasteiger charge is -2.36. The van der Waals surface area contributed by atoms with Crippen LogP contribution in [0.25, 0.3) is 0 Å². The molecule has 0 saturated carbocycles. The second kappa shape index (κ2) is 8.95. The van der Waals surface area contributed by atoms with Crippen LogP contribution in [0, 0.1) is 0 Å². The molecule has 2 heterocycles. The van der Waals surface area contributed by atoms with Crippen LogP contribution in [0.15, 0.2) is 76.2 Å². The SMILES string of the molecule is CS(=O)(=O)c1ccc(C(=O)Nc2ccc(N3CCN(Cc4ccccc4)CC3)cc2)o1. The van der Waals surface area contributed by atoms with Gasteiger partial charge in [0.2, 0.25) is 14.9 Å². The summed E-state index contributed by atoms with van der Waals surface area (Å²) in [5.74, 6) is -0.531. The Balaban J connectivity index is 1.31. The molecule has 4 rings (SSSR count). The Labute approximate surface area is 182 Å². The van der Waals surface area contributed by atoms with Crippen molar-refractivity contribution >= 4 is 27.1 Å². The van der Waals surface area contributed by atoms with Gasteiger partial charge in [0.15, 0.2) is 5.76 Å². The summed E-state index contributed by atoms with van der Waals surface area (Å²) in [7, 11) is -3.48. The van der Waals surface area contributed by atoms with Crippen LogP contribution < -0.4 is 10.2 Å². The quantitative estimate of drug-likeness (QED) is 0.635. The van der Waals surface area contributed by atoms with Crippen molar-refractivity contribution in [2.24, 2.45) is 0 Å². The lowest BCUT2D eigenvalue weighted by molar-refractivity contribution is 0.0991. The van der Waals surface area contributed by atoms with Gasteiger partial charge < -0.3 is 14.6 Å². The minimum Gasteiger partial charge on any atom is -0.440 e. The molecule has 162 valence electrons. The molecule has 2 aromatic carbocycles. The van der Waals surface area contributed by atoms with Gasteiger partial charge in [-0.3, -0.25) is 9.69 Å². The van der Waals surface area contributed by atoms with Crippen LogP contribution in [-0.2, 0) is 16.4 Å². The van der Waals surface area contributed by atoms with E-state index in [4.69, 9.17) is 4.42 Å². The Bertz CT molecular complexity index is 1130. The molecule has 0 radical (unpaired) electrons. The fourth-order valence-electron chi connectivity index (χ4n) is 3.60. The Morgan fingerprint density at radius 2 is 1.61 bits per heavy atom. The van der Waals surface area contributed by atoms with Crippen LogP contribution in [0.5, 0.6) is 0 Å². The van der Waals surface area contributed by atoms with Gasteiger partial charge in [0.1, 0.15) is 0 Å². The predicted molar refractivity (Wildman–Crippen MR) is 120 cm³/mol. The molecule has 0 bridgehead atoms. The number of nitrogens with one attached hydrogen (secondary N) is 1. The average Bonchev–Trinajstić information content (AvgIpc) is 3.27. The molecule has 1 saturated heterocycles. The maximum Gasteiger partial charge on any atom is 0.291 e. The molecule has 1 fully saturated rings. The van der Waals surface area contributed by atoms with E-state index in [-0.39, 0.29) is 10.9 Å². The third kappa shape index (κ3) is 5.34. The highest BCUT2D eigenvalue weighted by Gasteiger charge is 2.19. The molecular weight excluding hydrogens is 414 g/mol. The van der Waals surface area contributed by atoms with Gasteiger partial charge in [-0.25, -0.2) is 8.42 Å². The van der Waals surface area contributed by atoms with Crippen molar-refractivity contribution in [3.63, 3.8) is 0 Å². The van der Waals surface area contributed by atoms with Crippen molar-refractivity contribution in [3.05, 3.63) is 78.1 Å². The summed E-state index contributed by atoms with van der Waals surface area (Å²) < 4.78 is 28.1. The summed E-state index contributed by atoms with van der Waals surface area (Å²) in [6.07, 6.45) is 1.04. The molecule has 8 heteroatoms. The van der Waals surface area contributed by atoms with Gasteiger partial charge >= 0.3 is 0 Å². The summed E-state index contributed by atoms with van der Waals surface area (Å²) >= 11 is 0. The zero-order valence-electron chi connectivity index (χ0n) is 17.3. The van der Waals surface area contributed by atoms with Crippen LogP contribution in [0.1, 0.15) is 16.1 Å². The maximum atomic E-state index is 12.3. The zero-order valence-corrected chi connectivity index (χ0v) is 18.1. The topological polar surface area (TPSA) is 82.9 Å². The number of benzene rings is 2. The van der Waals surface area contributed by atoms with E-state index >= 15 is 0 Å². The van der Waals surface area contributed by atoms with Crippen LogP contribution >= 0.6 is 0 Å². The summed E-state index contributed by atoms with van der Waals surface area (Å²) in [5, 5.41) is 2.51. The molecule has 0 spiro atoms. The van der Waals surface area contributed by atoms with Crippen LogP contribution in [0.2, 0.25) is 0 Å². The largest absolute Gasteiger partial charge is 0.440 e. The highest BCUT2D eigenvalue weighted by Crippen LogP contribution is 2.21. The normalized spacial score (nSPS) is 15.1. The van der Waals surface area contributed by atoms with Gasteiger partial charge in [-0.05, 0) is 42.0 Å². The number of furan rings is 1. The first-order chi connectivity index (χ1) is 14.9. The zero-order chi connectivity index (χ0) is 21.8. The molecular formula is C23H25N3O4S. The summed E-state index contributed by atoms with van der Waals surface area (Å²) in [5.41, 5.74) is 3.06. The fraction of sp³-hybridized carbons (Fsp3) is 0.261. The number of piperazine rings is 1. The van der Waals surface area contributed by atoms with E-state index in [0.717, 1.165) is 44.7 Å². The molecule has 31 heavy (non-hydrogen) atoms. The van der Waals surface area contributed by atoms with Gasteiger partial charge in [-0.15, -0.1) is 0 Å². The van der Waals surface area contributed by atoms with Crippen molar-refractivity contribution < 1.29 is 17.6 Å². The summed E-state index contributed by atoms with van der Waals surface area (Å²) in [6.45, 7) is 4.84. The number of sulfone groups is 1. The van der Waals surface area contributed by atoms with E-state index < -0.39 is 15.7 Å². The van der Waals surface area contributed by atoms with Gasteiger partial charge in [0.05, 0.1) is 0 Å². The van der Waals surface area contributed by atoms with Crippen molar-refractivity contribution in [2.45, 2.75) is 11.6 Å². The molecule has 1 N–H and O–H groups in total. The standard InChI is InChI=1S/C23H25N3O4S/c1-31(28,29)22-12-11-21(30-22)23(27)24-19-7-9-20(10-8-19)26-15-13-25(14-16-26)17-18-5-3-2-4-6-18/h2-12H,13-17H2,1H3,(H,24,27). The van der Waals surface area contributed by atoms with Gasteiger partial charge in [-0.1, -0.05) is 30.3 Å². The van der Waals surface area contributed by atoms with Gasteiger partial charge in [0, 0.05) is 50.4 Å². The number of carbonyl (C=O) groups excluding carboxylic acids is 1. The number of hydrogen-bond acceptors (Lipinski definition) is 6. The molecule has 1 amide bonds. The Kier molecular flexibility index (Phi) is 6.11. The summed E-state index contributed by atoms with van der Waals surface area (Å²) in [4.78, 5) is 17.1. The number of carbonyl (C=O) groups is 1. The minimum atomic E-state index is -3.48. The molecule has 0 aliphatic carbocycles. The summed E-state index contributed by atoms with van der Waals surface area (Å²) in [6, 6.07) is 20.8. The number of amides is 1. The molecule has 1 aromatic heterocycles. The van der Waals surface area contributed by atoms with E-state index in [2.05, 4.69) is 39.4 Å². The Morgan fingerprint density at radius 1 is 0.935 bits per heavy atom. The average molecular weight is 440 g/mol. The number of anilines is 2. The van der Waals surface area contributed by atoms with E-state index in [0.29, 0.717) is 5.69 Å². The monoisotopic (exact) mass is 439 g/mol. The molecule has 1 aliphatic rings. The number of rotatable bonds is 6. The lowest BCUT2D eigenvalue weighted by Crippen LogP contribution is -2.45. The van der Waals surface area contributed by atoms with Crippen LogP contribution in [0.4, 0.5) is 11.4 Å². The van der Waals surface area contributed by atoms with E-state index in [9.17, 15) is 13.2 Å². The number of nitrogens with zero attached hydrogens (tertiary/aromatic N) is 2. The second-order valence-electron chi connectivity index (χ2n) is 7.64. The maximum absolute atomic E-state index is 12.3. The fourth-order valence-corrected chi connectivity index (χ4v) is 4.15. The molecule has 0 unspecified atom stereocenters. The third-order valence-electron chi connectivity index (χ3n) is 5.28. The van der Waals surface area contributed by atoms with Crippen molar-refractivity contribution in [3.8, 4) is 0 Å². The smallest absolute Gasteiger partial charge is 0.291 e. The highest BCUT2D eigenvalue weighted by atomic mass is 32.2. The lowest BCUT2D eigenvalue weighted by atomic mass is 10.2. The molecule has 0 atom stereocenters. The van der Waals surface area contributed by atoms with Crippen LogP contribution in [-0.4, -0.2) is 51.7 Å². The van der Waals surface area contributed by atoms with E-state index in [1.165, 1.54) is 17.7 Å². The Hall–Kier alpha value is -3.10. The molecule has 3 aromatic rings. The first kappa shape index (κ1) is 21.1. The molecule has 7 nitrogen and oxygen atoms in total. The van der Waals surface area contributed by atoms with Crippen molar-refractivity contribution in [2.75, 3.05) is 42.7 Å². The first-order valence-corrected chi connectivity index (χ1v) is 12.0. The third-order valence-corrected chi connectivity index (χ3v) is 6.23. The minimum absolute atomic E-state index is 0.0426. The predicted octanol–water partition coefficient (Wildman–Crippen LogP) is 3.26. The second-order valence-corrected chi connectivity index (χ2v) is 9.59.